The Morgan fingerprint density at radius 2 is 1.53 bits per heavy atom. The zero-order chi connectivity index (χ0) is 11.9. The van der Waals surface area contributed by atoms with Crippen molar-refractivity contribution >= 4 is 17.6 Å². The van der Waals surface area contributed by atoms with Gasteiger partial charge < -0.3 is 5.21 Å². The molecule has 4 heteroatoms. The van der Waals surface area contributed by atoms with Crippen LogP contribution >= 0.6 is 0 Å². The normalized spacial score (nSPS) is 11.3. The molecule has 0 aliphatic heterocycles. The van der Waals surface area contributed by atoms with Crippen LogP contribution in [0, 0.1) is 0 Å². The van der Waals surface area contributed by atoms with Crippen molar-refractivity contribution in [2.45, 2.75) is 0 Å². The molecule has 0 aromatic heterocycles. The van der Waals surface area contributed by atoms with E-state index in [1.54, 1.807) is 6.07 Å². The Morgan fingerprint density at radius 3 is 2.29 bits per heavy atom. The van der Waals surface area contributed by atoms with Gasteiger partial charge in [-0.1, -0.05) is 41.6 Å². The second-order valence-electron chi connectivity index (χ2n) is 3.34. The molecule has 0 heterocycles. The van der Waals surface area contributed by atoms with E-state index in [1.165, 1.54) is 6.21 Å². The lowest BCUT2D eigenvalue weighted by atomic mass is 10.2. The maximum absolute atomic E-state index is 8.53. The molecule has 4 nitrogen and oxygen atoms in total. The molecule has 2 aromatic rings. The third-order valence-corrected chi connectivity index (χ3v) is 2.16. The number of oxime groups is 1. The second-order valence-corrected chi connectivity index (χ2v) is 3.34. The van der Waals surface area contributed by atoms with Crippen LogP contribution < -0.4 is 0 Å². The van der Waals surface area contributed by atoms with Gasteiger partial charge in [-0.3, -0.25) is 0 Å². The lowest BCUT2D eigenvalue weighted by Gasteiger charge is -1.97. The highest BCUT2D eigenvalue weighted by Crippen LogP contribution is 2.20. The Kier molecular flexibility index (Phi) is 3.60. The van der Waals surface area contributed by atoms with Gasteiger partial charge in [0.1, 0.15) is 0 Å². The average Bonchev–Trinajstić information content (AvgIpc) is 2.39. The van der Waals surface area contributed by atoms with Crippen molar-refractivity contribution in [1.82, 2.24) is 0 Å². The highest BCUT2D eigenvalue weighted by atomic mass is 16.4. The molecule has 0 aliphatic carbocycles. The van der Waals surface area contributed by atoms with E-state index in [2.05, 4.69) is 15.4 Å². The maximum atomic E-state index is 8.53. The number of hydrogen-bond donors (Lipinski definition) is 1. The first-order chi connectivity index (χ1) is 8.40. The molecule has 2 aromatic carbocycles. The van der Waals surface area contributed by atoms with E-state index < -0.39 is 0 Å². The summed E-state index contributed by atoms with van der Waals surface area (Å²) in [4.78, 5) is 0. The van der Waals surface area contributed by atoms with Gasteiger partial charge in [-0.2, -0.15) is 5.11 Å². The van der Waals surface area contributed by atoms with Crippen molar-refractivity contribution in [1.29, 1.82) is 0 Å². The highest BCUT2D eigenvalue weighted by Gasteiger charge is 1.97. The first kappa shape index (κ1) is 11.0. The fourth-order valence-corrected chi connectivity index (χ4v) is 1.36. The van der Waals surface area contributed by atoms with Crippen molar-refractivity contribution in [2.75, 3.05) is 0 Å². The molecular formula is C13H11N3O. The smallest absolute Gasteiger partial charge is 0.0946 e. The monoisotopic (exact) mass is 225 g/mol. The lowest BCUT2D eigenvalue weighted by molar-refractivity contribution is 0.322. The first-order valence-electron chi connectivity index (χ1n) is 5.13. The number of rotatable bonds is 3. The molecule has 2 rings (SSSR count). The zero-order valence-electron chi connectivity index (χ0n) is 9.06. The van der Waals surface area contributed by atoms with Crippen LogP contribution in [0.4, 0.5) is 11.4 Å². The lowest BCUT2D eigenvalue weighted by Crippen LogP contribution is -1.80. The predicted molar refractivity (Wildman–Crippen MR) is 66.4 cm³/mol. The fourth-order valence-electron chi connectivity index (χ4n) is 1.36. The molecule has 0 spiro atoms. The highest BCUT2D eigenvalue weighted by molar-refractivity contribution is 5.85. The molecule has 0 fully saturated rings. The van der Waals surface area contributed by atoms with E-state index >= 15 is 0 Å². The molecule has 0 saturated carbocycles. The molecule has 1 N–H and O–H groups in total. The van der Waals surface area contributed by atoms with E-state index in [0.717, 1.165) is 11.3 Å². The minimum atomic E-state index is 0.661. The summed E-state index contributed by atoms with van der Waals surface area (Å²) >= 11 is 0. The number of azo groups is 1. The quantitative estimate of drug-likeness (QED) is 0.366. The Hall–Kier alpha value is -2.49. The summed E-state index contributed by atoms with van der Waals surface area (Å²) in [5.41, 5.74) is 2.16. The van der Waals surface area contributed by atoms with Crippen LogP contribution in [0.25, 0.3) is 0 Å². The van der Waals surface area contributed by atoms with Crippen LogP contribution in [-0.2, 0) is 0 Å². The molecule has 0 saturated heterocycles. The van der Waals surface area contributed by atoms with Gasteiger partial charge in [-0.25, -0.2) is 0 Å². The van der Waals surface area contributed by atoms with E-state index in [0.29, 0.717) is 5.69 Å². The third kappa shape index (κ3) is 2.98. The maximum Gasteiger partial charge on any atom is 0.0946 e. The molecule has 0 unspecified atom stereocenters. The summed E-state index contributed by atoms with van der Waals surface area (Å²) in [6.07, 6.45) is 1.33. The van der Waals surface area contributed by atoms with Gasteiger partial charge in [0.25, 0.3) is 0 Å². The van der Waals surface area contributed by atoms with Gasteiger partial charge in [-0.15, -0.1) is 5.11 Å². The zero-order valence-corrected chi connectivity index (χ0v) is 9.06. The van der Waals surface area contributed by atoms with Crippen LogP contribution in [0.2, 0.25) is 0 Å². The molecule has 0 bridgehead atoms. The Bertz CT molecular complexity index is 535. The Labute approximate surface area is 98.9 Å². The molecule has 17 heavy (non-hydrogen) atoms. The van der Waals surface area contributed by atoms with Crippen LogP contribution in [0.1, 0.15) is 5.56 Å². The van der Waals surface area contributed by atoms with Crippen molar-refractivity contribution in [3.63, 3.8) is 0 Å². The van der Waals surface area contributed by atoms with E-state index in [4.69, 9.17) is 5.21 Å². The SMILES string of the molecule is ON=Cc1ccccc1N=Nc1ccccc1. The number of benzene rings is 2. The molecular weight excluding hydrogens is 214 g/mol. The van der Waals surface area contributed by atoms with Gasteiger partial charge in [0.15, 0.2) is 0 Å². The predicted octanol–water partition coefficient (Wildman–Crippen LogP) is 3.91. The Morgan fingerprint density at radius 1 is 0.824 bits per heavy atom. The second kappa shape index (κ2) is 5.55. The van der Waals surface area contributed by atoms with Crippen molar-refractivity contribution in [3.8, 4) is 0 Å². The summed E-state index contributed by atoms with van der Waals surface area (Å²) in [6, 6.07) is 16.8. The van der Waals surface area contributed by atoms with Crippen molar-refractivity contribution < 1.29 is 5.21 Å². The standard InChI is InChI=1S/C13H11N3O/c17-14-10-11-6-4-5-9-13(11)16-15-12-7-2-1-3-8-12/h1-10,17H. The largest absolute Gasteiger partial charge is 0.411 e. The van der Waals surface area contributed by atoms with Crippen LogP contribution in [0.15, 0.2) is 70.0 Å². The number of nitrogens with zero attached hydrogens (tertiary/aromatic N) is 3. The van der Waals surface area contributed by atoms with Gasteiger partial charge in [0.05, 0.1) is 17.6 Å². The summed E-state index contributed by atoms with van der Waals surface area (Å²) in [6.45, 7) is 0. The summed E-state index contributed by atoms with van der Waals surface area (Å²) in [5.74, 6) is 0. The fraction of sp³-hybridized carbons (Fsp3) is 0. The summed E-state index contributed by atoms with van der Waals surface area (Å²) < 4.78 is 0. The average molecular weight is 225 g/mol. The summed E-state index contributed by atoms with van der Waals surface area (Å²) in [7, 11) is 0. The molecule has 0 atom stereocenters. The topological polar surface area (TPSA) is 57.3 Å². The molecule has 0 radical (unpaired) electrons. The molecule has 84 valence electrons. The van der Waals surface area contributed by atoms with E-state index in [1.807, 2.05) is 48.5 Å². The van der Waals surface area contributed by atoms with Gasteiger partial charge in [-0.05, 0) is 18.2 Å². The minimum absolute atomic E-state index is 0.661. The third-order valence-electron chi connectivity index (χ3n) is 2.16. The molecule has 0 aliphatic rings. The van der Waals surface area contributed by atoms with Crippen LogP contribution in [0.3, 0.4) is 0 Å². The van der Waals surface area contributed by atoms with Crippen LogP contribution in [0.5, 0.6) is 0 Å². The van der Waals surface area contributed by atoms with Crippen molar-refractivity contribution in [3.05, 3.63) is 60.2 Å². The Balaban J connectivity index is 2.27. The number of hydrogen-bond acceptors (Lipinski definition) is 4. The first-order valence-corrected chi connectivity index (χ1v) is 5.13. The van der Waals surface area contributed by atoms with E-state index in [-0.39, 0.29) is 0 Å². The molecule has 0 amide bonds. The van der Waals surface area contributed by atoms with Crippen molar-refractivity contribution in [2.24, 2.45) is 15.4 Å². The van der Waals surface area contributed by atoms with Crippen LogP contribution in [-0.4, -0.2) is 11.4 Å². The van der Waals surface area contributed by atoms with E-state index in [9.17, 15) is 0 Å². The van der Waals surface area contributed by atoms with Gasteiger partial charge >= 0.3 is 0 Å². The minimum Gasteiger partial charge on any atom is -0.411 e. The van der Waals surface area contributed by atoms with Gasteiger partial charge in [0, 0.05) is 5.56 Å². The van der Waals surface area contributed by atoms with Gasteiger partial charge in [0.2, 0.25) is 0 Å². The summed E-state index contributed by atoms with van der Waals surface area (Å²) in [5, 5.41) is 19.7.